The van der Waals surface area contributed by atoms with Crippen LogP contribution in [0.2, 0.25) is 0 Å². The molecule has 0 aliphatic rings. The summed E-state index contributed by atoms with van der Waals surface area (Å²) in [6.07, 6.45) is -0.498. The Bertz CT molecular complexity index is 437. The number of nitro benzene ring substituents is 2. The average Bonchev–Trinajstić information content (AvgIpc) is 2.15. The van der Waals surface area contributed by atoms with Gasteiger partial charge < -0.3 is 5.11 Å². The van der Waals surface area contributed by atoms with Crippen LogP contribution in [0, 0.1) is 20.2 Å². The molecule has 0 aliphatic carbocycles. The number of nitrogens with zero attached hydrogens (tertiary/aromatic N) is 2. The van der Waals surface area contributed by atoms with Crippen molar-refractivity contribution >= 4 is 17.3 Å². The number of aliphatic carboxylic acids is 1. The van der Waals surface area contributed by atoms with Crippen molar-refractivity contribution in [3.05, 3.63) is 44.0 Å². The molecule has 0 saturated carbocycles. The number of carbonyl (C=O) groups is 1. The number of benzene rings is 1. The highest BCUT2D eigenvalue weighted by molar-refractivity contribution is 5.71. The molecule has 84 valence electrons. The Morgan fingerprint density at radius 1 is 1.12 bits per heavy atom. The Balaban J connectivity index is 3.23. The molecule has 0 unspecified atom stereocenters. The van der Waals surface area contributed by atoms with Gasteiger partial charge in [0.2, 0.25) is 0 Å². The lowest BCUT2D eigenvalue weighted by atomic mass is 10.1. The van der Waals surface area contributed by atoms with E-state index in [1.165, 1.54) is 0 Å². The molecule has 0 amide bonds. The first-order valence-electron chi connectivity index (χ1n) is 4.04. The fraction of sp³-hybridized carbons (Fsp3) is 0.125. The number of non-ortho nitro benzene ring substituents is 2. The normalized spacial score (nSPS) is 9.75. The van der Waals surface area contributed by atoms with Crippen LogP contribution in [0.15, 0.2) is 18.2 Å². The highest BCUT2D eigenvalue weighted by Gasteiger charge is 2.17. The van der Waals surface area contributed by atoms with Crippen LogP contribution >= 0.6 is 0 Å². The van der Waals surface area contributed by atoms with Crippen molar-refractivity contribution in [3.63, 3.8) is 0 Å². The first kappa shape index (κ1) is 11.6. The first-order valence-corrected chi connectivity index (χ1v) is 4.04. The van der Waals surface area contributed by atoms with E-state index in [1.807, 2.05) is 0 Å². The zero-order valence-corrected chi connectivity index (χ0v) is 7.82. The molecule has 1 N–H and O–H groups in total. The summed E-state index contributed by atoms with van der Waals surface area (Å²) in [5, 5.41) is 29.4. The number of hydrogen-bond acceptors (Lipinski definition) is 5. The monoisotopic (exact) mass is 226 g/mol. The van der Waals surface area contributed by atoms with E-state index in [0.29, 0.717) is 0 Å². The maximum Gasteiger partial charge on any atom is 0.307 e. The van der Waals surface area contributed by atoms with Crippen molar-refractivity contribution in [2.45, 2.75) is 6.42 Å². The van der Waals surface area contributed by atoms with E-state index in [1.54, 1.807) is 0 Å². The van der Waals surface area contributed by atoms with Crippen LogP contribution in [0.3, 0.4) is 0 Å². The third-order valence-corrected chi connectivity index (χ3v) is 1.74. The molecule has 0 aromatic heterocycles. The number of carboxylic acid groups (broad SMARTS) is 1. The minimum absolute atomic E-state index is 0.0217. The second-order valence-electron chi connectivity index (χ2n) is 2.94. The summed E-state index contributed by atoms with van der Waals surface area (Å²) in [6, 6.07) is 2.79. The first-order chi connectivity index (χ1) is 7.40. The van der Waals surface area contributed by atoms with Gasteiger partial charge in [0, 0.05) is 12.1 Å². The Kier molecular flexibility index (Phi) is 3.14. The number of carboxylic acids is 1. The van der Waals surface area contributed by atoms with Gasteiger partial charge in [-0.05, 0) is 5.56 Å². The van der Waals surface area contributed by atoms with Crippen molar-refractivity contribution in [3.8, 4) is 0 Å². The zero-order valence-electron chi connectivity index (χ0n) is 7.82. The largest absolute Gasteiger partial charge is 0.481 e. The number of nitro groups is 2. The molecule has 16 heavy (non-hydrogen) atoms. The standard InChI is InChI=1S/C8H6N2O6/c11-8(12)3-5-1-6(9(13)14)4-7(2-5)10(15)16/h1-2,4H,3H2,(H,11,12). The van der Waals surface area contributed by atoms with Crippen LogP contribution in [-0.2, 0) is 11.2 Å². The Morgan fingerprint density at radius 3 is 1.88 bits per heavy atom. The van der Waals surface area contributed by atoms with E-state index in [-0.39, 0.29) is 5.56 Å². The van der Waals surface area contributed by atoms with Gasteiger partial charge in [0.05, 0.1) is 22.3 Å². The molecular weight excluding hydrogens is 220 g/mol. The molecule has 1 aromatic carbocycles. The lowest BCUT2D eigenvalue weighted by Crippen LogP contribution is -2.02. The molecule has 8 heteroatoms. The lowest BCUT2D eigenvalue weighted by molar-refractivity contribution is -0.394. The lowest BCUT2D eigenvalue weighted by Gasteiger charge is -1.98. The average molecular weight is 226 g/mol. The van der Waals surface area contributed by atoms with Crippen LogP contribution < -0.4 is 0 Å². The van der Waals surface area contributed by atoms with Gasteiger partial charge in [-0.25, -0.2) is 0 Å². The third kappa shape index (κ3) is 2.74. The van der Waals surface area contributed by atoms with E-state index >= 15 is 0 Å². The van der Waals surface area contributed by atoms with E-state index in [2.05, 4.69) is 0 Å². The Labute approximate surface area is 88.4 Å². The molecule has 1 aromatic rings. The summed E-state index contributed by atoms with van der Waals surface area (Å²) in [7, 11) is 0. The highest BCUT2D eigenvalue weighted by atomic mass is 16.6. The van der Waals surface area contributed by atoms with E-state index in [4.69, 9.17) is 5.11 Å². The van der Waals surface area contributed by atoms with Crippen molar-refractivity contribution in [1.29, 1.82) is 0 Å². The van der Waals surface area contributed by atoms with Crippen molar-refractivity contribution in [2.75, 3.05) is 0 Å². The molecule has 0 heterocycles. The second kappa shape index (κ2) is 4.34. The fourth-order valence-electron chi connectivity index (χ4n) is 1.14. The highest BCUT2D eigenvalue weighted by Crippen LogP contribution is 2.22. The van der Waals surface area contributed by atoms with Gasteiger partial charge in [-0.2, -0.15) is 0 Å². The van der Waals surface area contributed by atoms with E-state index in [9.17, 15) is 25.0 Å². The van der Waals surface area contributed by atoms with Gasteiger partial charge in [0.1, 0.15) is 0 Å². The third-order valence-electron chi connectivity index (χ3n) is 1.74. The van der Waals surface area contributed by atoms with Crippen LogP contribution in [0.1, 0.15) is 5.56 Å². The molecule has 0 saturated heterocycles. The summed E-state index contributed by atoms with van der Waals surface area (Å²) < 4.78 is 0. The Morgan fingerprint density at radius 2 is 1.56 bits per heavy atom. The molecule has 1 rings (SSSR count). The van der Waals surface area contributed by atoms with Gasteiger partial charge in [-0.3, -0.25) is 25.0 Å². The quantitative estimate of drug-likeness (QED) is 0.606. The van der Waals surface area contributed by atoms with Crippen LogP contribution in [-0.4, -0.2) is 20.9 Å². The van der Waals surface area contributed by atoms with Crippen LogP contribution in [0.4, 0.5) is 11.4 Å². The van der Waals surface area contributed by atoms with Crippen LogP contribution in [0.25, 0.3) is 0 Å². The molecule has 0 atom stereocenters. The molecule has 0 aliphatic heterocycles. The van der Waals surface area contributed by atoms with Crippen molar-refractivity contribution < 1.29 is 19.7 Å². The van der Waals surface area contributed by atoms with Crippen molar-refractivity contribution in [1.82, 2.24) is 0 Å². The minimum atomic E-state index is -1.21. The zero-order chi connectivity index (χ0) is 12.3. The predicted molar refractivity (Wildman–Crippen MR) is 51.1 cm³/mol. The SMILES string of the molecule is O=C(O)Cc1cc([N+](=O)[O-])cc([N+](=O)[O-])c1. The maximum absolute atomic E-state index is 10.4. The molecule has 0 spiro atoms. The summed E-state index contributed by atoms with van der Waals surface area (Å²) in [4.78, 5) is 29.7. The predicted octanol–water partition coefficient (Wildman–Crippen LogP) is 1.13. The summed E-state index contributed by atoms with van der Waals surface area (Å²) in [5.74, 6) is -1.21. The van der Waals surface area contributed by atoms with Gasteiger partial charge in [-0.1, -0.05) is 0 Å². The summed E-state index contributed by atoms with van der Waals surface area (Å²) in [6.45, 7) is 0. The minimum Gasteiger partial charge on any atom is -0.481 e. The molecule has 8 nitrogen and oxygen atoms in total. The summed E-state index contributed by atoms with van der Waals surface area (Å²) >= 11 is 0. The smallest absolute Gasteiger partial charge is 0.307 e. The van der Waals surface area contributed by atoms with E-state index in [0.717, 1.165) is 18.2 Å². The fourth-order valence-corrected chi connectivity index (χ4v) is 1.14. The van der Waals surface area contributed by atoms with Crippen LogP contribution in [0.5, 0.6) is 0 Å². The maximum atomic E-state index is 10.4. The molecule has 0 bridgehead atoms. The topological polar surface area (TPSA) is 124 Å². The summed E-state index contributed by atoms with van der Waals surface area (Å²) in [5.41, 5.74) is -0.968. The van der Waals surface area contributed by atoms with Gasteiger partial charge >= 0.3 is 5.97 Å². The second-order valence-corrected chi connectivity index (χ2v) is 2.94. The van der Waals surface area contributed by atoms with Gasteiger partial charge in [0.15, 0.2) is 0 Å². The Hall–Kier alpha value is -2.51. The number of hydrogen-bond donors (Lipinski definition) is 1. The van der Waals surface area contributed by atoms with Gasteiger partial charge in [0.25, 0.3) is 11.4 Å². The van der Waals surface area contributed by atoms with E-state index < -0.39 is 33.6 Å². The molecule has 0 fully saturated rings. The molecular formula is C8H6N2O6. The molecule has 0 radical (unpaired) electrons. The van der Waals surface area contributed by atoms with Gasteiger partial charge in [-0.15, -0.1) is 0 Å². The number of rotatable bonds is 4. The van der Waals surface area contributed by atoms with Crippen molar-refractivity contribution in [2.24, 2.45) is 0 Å².